The molecular formula is C18H13FN4O2. The number of nitrogen functional groups attached to an aromatic ring is 1. The highest BCUT2D eigenvalue weighted by atomic mass is 19.1. The summed E-state index contributed by atoms with van der Waals surface area (Å²) in [5.74, 6) is 0.817. The average molecular weight is 336 g/mol. The summed E-state index contributed by atoms with van der Waals surface area (Å²) in [6, 6.07) is 13.1. The molecule has 7 heteroatoms. The first-order chi connectivity index (χ1) is 12.1. The normalized spacial score (nSPS) is 11.0. The van der Waals surface area contributed by atoms with Crippen LogP contribution in [0.4, 0.5) is 10.1 Å². The number of rotatable bonds is 3. The minimum Gasteiger partial charge on any atom is -0.398 e. The molecule has 2 N–H and O–H groups in total. The van der Waals surface area contributed by atoms with Crippen molar-refractivity contribution in [3.63, 3.8) is 0 Å². The zero-order valence-electron chi connectivity index (χ0n) is 13.2. The zero-order valence-corrected chi connectivity index (χ0v) is 13.2. The Morgan fingerprint density at radius 1 is 1.00 bits per heavy atom. The molecule has 4 rings (SSSR count). The van der Waals surface area contributed by atoms with Crippen molar-refractivity contribution >= 4 is 5.69 Å². The summed E-state index contributed by atoms with van der Waals surface area (Å²) >= 11 is 0. The molecule has 124 valence electrons. The predicted molar refractivity (Wildman–Crippen MR) is 89.8 cm³/mol. The van der Waals surface area contributed by atoms with Crippen molar-refractivity contribution in [2.45, 2.75) is 6.92 Å². The second-order valence-corrected chi connectivity index (χ2v) is 5.53. The van der Waals surface area contributed by atoms with Crippen molar-refractivity contribution < 1.29 is 13.4 Å². The largest absolute Gasteiger partial charge is 0.398 e. The molecule has 0 spiro atoms. The molecule has 0 atom stereocenters. The monoisotopic (exact) mass is 336 g/mol. The Balaban J connectivity index is 1.67. The molecule has 4 aromatic rings. The van der Waals surface area contributed by atoms with E-state index in [-0.39, 0.29) is 11.7 Å². The van der Waals surface area contributed by atoms with Crippen LogP contribution in [0.5, 0.6) is 0 Å². The lowest BCUT2D eigenvalue weighted by Gasteiger charge is -2.03. The standard InChI is InChI=1S/C18H13FN4O2/c1-10-13(3-2-4-14(10)20)17-21-18(25-23-17)15-9-16(24-22-15)11-5-7-12(19)8-6-11/h2-9H,20H2,1H3. The lowest BCUT2D eigenvalue weighted by molar-refractivity contribution is 0.411. The molecule has 0 radical (unpaired) electrons. The van der Waals surface area contributed by atoms with Crippen LogP contribution in [0.3, 0.4) is 0 Å². The molecule has 0 bridgehead atoms. The molecule has 25 heavy (non-hydrogen) atoms. The number of hydrogen-bond donors (Lipinski definition) is 1. The van der Waals surface area contributed by atoms with Gasteiger partial charge in [0, 0.05) is 22.9 Å². The van der Waals surface area contributed by atoms with E-state index in [0.717, 1.165) is 11.1 Å². The van der Waals surface area contributed by atoms with Gasteiger partial charge in [-0.05, 0) is 42.8 Å². The van der Waals surface area contributed by atoms with Crippen molar-refractivity contribution in [1.29, 1.82) is 0 Å². The van der Waals surface area contributed by atoms with Crippen molar-refractivity contribution in [2.75, 3.05) is 5.73 Å². The van der Waals surface area contributed by atoms with Gasteiger partial charge >= 0.3 is 0 Å². The molecular weight excluding hydrogens is 323 g/mol. The van der Waals surface area contributed by atoms with E-state index in [9.17, 15) is 4.39 Å². The average Bonchev–Trinajstić information content (AvgIpc) is 3.27. The highest BCUT2D eigenvalue weighted by Crippen LogP contribution is 2.29. The fourth-order valence-electron chi connectivity index (χ4n) is 2.46. The first kappa shape index (κ1) is 15.1. The minimum absolute atomic E-state index is 0.230. The lowest BCUT2D eigenvalue weighted by Crippen LogP contribution is -1.92. The summed E-state index contributed by atoms with van der Waals surface area (Å²) < 4.78 is 23.6. The molecule has 0 saturated carbocycles. The third-order valence-corrected chi connectivity index (χ3v) is 3.90. The molecule has 2 aromatic carbocycles. The van der Waals surface area contributed by atoms with E-state index in [1.54, 1.807) is 18.2 Å². The van der Waals surface area contributed by atoms with E-state index < -0.39 is 0 Å². The third-order valence-electron chi connectivity index (χ3n) is 3.90. The van der Waals surface area contributed by atoms with Gasteiger partial charge in [-0.1, -0.05) is 22.4 Å². The molecule has 2 aromatic heterocycles. The number of halogens is 1. The number of anilines is 1. The Morgan fingerprint density at radius 3 is 2.60 bits per heavy atom. The van der Waals surface area contributed by atoms with Crippen LogP contribution in [0.2, 0.25) is 0 Å². The van der Waals surface area contributed by atoms with E-state index in [4.69, 9.17) is 14.8 Å². The first-order valence-corrected chi connectivity index (χ1v) is 7.54. The maximum absolute atomic E-state index is 13.0. The second-order valence-electron chi connectivity index (χ2n) is 5.53. The van der Waals surface area contributed by atoms with Crippen LogP contribution in [-0.4, -0.2) is 15.3 Å². The van der Waals surface area contributed by atoms with Crippen LogP contribution in [-0.2, 0) is 0 Å². The Morgan fingerprint density at radius 2 is 1.80 bits per heavy atom. The maximum Gasteiger partial charge on any atom is 0.280 e. The van der Waals surface area contributed by atoms with E-state index in [2.05, 4.69) is 15.3 Å². The molecule has 2 heterocycles. The maximum atomic E-state index is 13.0. The quantitative estimate of drug-likeness (QED) is 0.567. The van der Waals surface area contributed by atoms with E-state index in [1.807, 2.05) is 25.1 Å². The van der Waals surface area contributed by atoms with Gasteiger partial charge in [-0.3, -0.25) is 0 Å². The van der Waals surface area contributed by atoms with Gasteiger partial charge < -0.3 is 14.8 Å². The lowest BCUT2D eigenvalue weighted by atomic mass is 10.1. The van der Waals surface area contributed by atoms with Gasteiger partial charge in [-0.2, -0.15) is 4.98 Å². The molecule has 0 aliphatic carbocycles. The van der Waals surface area contributed by atoms with Crippen LogP contribution in [0.1, 0.15) is 5.56 Å². The molecule has 0 unspecified atom stereocenters. The Bertz CT molecular complexity index is 1040. The zero-order chi connectivity index (χ0) is 17.4. The van der Waals surface area contributed by atoms with Gasteiger partial charge in [-0.25, -0.2) is 4.39 Å². The minimum atomic E-state index is -0.317. The van der Waals surface area contributed by atoms with Crippen LogP contribution in [0.25, 0.3) is 34.3 Å². The van der Waals surface area contributed by atoms with Gasteiger partial charge in [0.15, 0.2) is 11.5 Å². The van der Waals surface area contributed by atoms with Crippen LogP contribution in [0.15, 0.2) is 57.6 Å². The van der Waals surface area contributed by atoms with Crippen molar-refractivity contribution in [1.82, 2.24) is 15.3 Å². The van der Waals surface area contributed by atoms with E-state index >= 15 is 0 Å². The van der Waals surface area contributed by atoms with E-state index in [1.165, 1.54) is 12.1 Å². The topological polar surface area (TPSA) is 91.0 Å². The summed E-state index contributed by atoms with van der Waals surface area (Å²) in [4.78, 5) is 4.36. The number of nitrogens with two attached hydrogens (primary N) is 1. The van der Waals surface area contributed by atoms with Crippen LogP contribution >= 0.6 is 0 Å². The summed E-state index contributed by atoms with van der Waals surface area (Å²) in [5.41, 5.74) is 9.34. The summed E-state index contributed by atoms with van der Waals surface area (Å²) in [6.07, 6.45) is 0. The molecule has 0 aliphatic heterocycles. The predicted octanol–water partition coefficient (Wildman–Crippen LogP) is 4.09. The van der Waals surface area contributed by atoms with Crippen molar-refractivity contribution in [3.05, 3.63) is 59.9 Å². The summed E-state index contributed by atoms with van der Waals surface area (Å²) in [5, 5.41) is 7.93. The van der Waals surface area contributed by atoms with Crippen LogP contribution in [0, 0.1) is 12.7 Å². The molecule has 0 fully saturated rings. The van der Waals surface area contributed by atoms with Crippen molar-refractivity contribution in [2.24, 2.45) is 0 Å². The van der Waals surface area contributed by atoms with Crippen LogP contribution < -0.4 is 5.73 Å². The number of aromatic nitrogens is 3. The first-order valence-electron chi connectivity index (χ1n) is 7.54. The Kier molecular flexibility index (Phi) is 3.53. The highest BCUT2D eigenvalue weighted by molar-refractivity contribution is 5.69. The SMILES string of the molecule is Cc1c(N)cccc1-c1noc(-c2cc(-c3ccc(F)cc3)on2)n1. The smallest absolute Gasteiger partial charge is 0.280 e. The van der Waals surface area contributed by atoms with Gasteiger partial charge in [0.1, 0.15) is 5.82 Å². The number of benzene rings is 2. The molecule has 0 saturated heterocycles. The fourth-order valence-corrected chi connectivity index (χ4v) is 2.46. The number of nitrogens with zero attached hydrogens (tertiary/aromatic N) is 3. The Labute approximate surface area is 142 Å². The van der Waals surface area contributed by atoms with Crippen molar-refractivity contribution in [3.8, 4) is 34.3 Å². The summed E-state index contributed by atoms with van der Waals surface area (Å²) in [6.45, 7) is 1.89. The molecule has 0 amide bonds. The van der Waals surface area contributed by atoms with Gasteiger partial charge in [-0.15, -0.1) is 0 Å². The fraction of sp³-hybridized carbons (Fsp3) is 0.0556. The number of hydrogen-bond acceptors (Lipinski definition) is 6. The second kappa shape index (κ2) is 5.86. The molecule has 0 aliphatic rings. The van der Waals surface area contributed by atoms with Gasteiger partial charge in [0.2, 0.25) is 5.82 Å². The highest BCUT2D eigenvalue weighted by Gasteiger charge is 2.17. The molecule has 6 nitrogen and oxygen atoms in total. The third kappa shape index (κ3) is 2.76. The van der Waals surface area contributed by atoms with E-state index in [0.29, 0.717) is 28.5 Å². The summed E-state index contributed by atoms with van der Waals surface area (Å²) in [7, 11) is 0. The Hall–Kier alpha value is -3.48. The van der Waals surface area contributed by atoms with Gasteiger partial charge in [0.25, 0.3) is 5.89 Å². The van der Waals surface area contributed by atoms with Gasteiger partial charge in [0.05, 0.1) is 0 Å².